The fourth-order valence-electron chi connectivity index (χ4n) is 4.51. The fraction of sp³-hybridized carbons (Fsp3) is 0.269. The fourth-order valence-corrected chi connectivity index (χ4v) is 6.20. The third-order valence-electron chi connectivity index (χ3n) is 6.26. The van der Waals surface area contributed by atoms with Crippen LogP contribution in [0.2, 0.25) is 0 Å². The molecule has 2 aromatic carbocycles. The maximum Gasteiger partial charge on any atom is 0.256 e. The van der Waals surface area contributed by atoms with Gasteiger partial charge in [-0.15, -0.1) is 0 Å². The van der Waals surface area contributed by atoms with Gasteiger partial charge in [0.15, 0.2) is 15.5 Å². The van der Waals surface area contributed by atoms with Gasteiger partial charge < -0.3 is 5.32 Å². The van der Waals surface area contributed by atoms with E-state index in [1.54, 1.807) is 10.7 Å². The second kappa shape index (κ2) is 8.36. The van der Waals surface area contributed by atoms with E-state index >= 15 is 0 Å². The van der Waals surface area contributed by atoms with Gasteiger partial charge in [-0.25, -0.2) is 18.1 Å². The number of nitrogens with one attached hydrogen (secondary N) is 1. The van der Waals surface area contributed by atoms with Crippen LogP contribution >= 0.6 is 0 Å². The van der Waals surface area contributed by atoms with E-state index < -0.39 is 9.84 Å². The van der Waals surface area contributed by atoms with Crippen molar-refractivity contribution >= 4 is 32.5 Å². The van der Waals surface area contributed by atoms with Crippen molar-refractivity contribution in [1.29, 1.82) is 0 Å². The van der Waals surface area contributed by atoms with Gasteiger partial charge >= 0.3 is 0 Å². The van der Waals surface area contributed by atoms with Crippen LogP contribution in [0.25, 0.3) is 22.3 Å². The summed E-state index contributed by atoms with van der Waals surface area (Å²) in [6.07, 6.45) is 0.486. The minimum absolute atomic E-state index is 0.0322. The highest BCUT2D eigenvalue weighted by Gasteiger charge is 2.32. The molecule has 1 saturated heterocycles. The van der Waals surface area contributed by atoms with E-state index in [-0.39, 0.29) is 23.5 Å². The molecule has 0 radical (unpaired) electrons. The number of carbonyl (C=O) groups excluding carboxylic acids is 1. The molecule has 0 aliphatic carbocycles. The van der Waals surface area contributed by atoms with Crippen LogP contribution in [0.5, 0.6) is 0 Å². The number of hydrogen-bond donors (Lipinski definition) is 1. The Morgan fingerprint density at radius 3 is 2.47 bits per heavy atom. The number of benzene rings is 2. The van der Waals surface area contributed by atoms with Gasteiger partial charge in [0.2, 0.25) is 0 Å². The topological polar surface area (TPSA) is 94.0 Å². The van der Waals surface area contributed by atoms with Crippen LogP contribution in [0.4, 0.5) is 5.69 Å². The van der Waals surface area contributed by atoms with E-state index in [1.165, 1.54) is 0 Å². The van der Waals surface area contributed by atoms with Crippen molar-refractivity contribution < 1.29 is 13.2 Å². The van der Waals surface area contributed by atoms with Crippen LogP contribution in [-0.4, -0.2) is 40.6 Å². The Labute approximate surface area is 198 Å². The highest BCUT2D eigenvalue weighted by Crippen LogP contribution is 2.32. The Balaban J connectivity index is 1.68. The summed E-state index contributed by atoms with van der Waals surface area (Å²) in [7, 11) is -3.11. The summed E-state index contributed by atoms with van der Waals surface area (Å²) in [5.41, 5.74) is 6.04. The van der Waals surface area contributed by atoms with Crippen LogP contribution in [0, 0.1) is 20.8 Å². The highest BCUT2D eigenvalue weighted by molar-refractivity contribution is 7.91. The maximum absolute atomic E-state index is 13.5. The molecule has 1 unspecified atom stereocenters. The summed E-state index contributed by atoms with van der Waals surface area (Å²) in [5, 5.41) is 8.30. The lowest BCUT2D eigenvalue weighted by atomic mass is 10.0. The molecule has 1 aliphatic heterocycles. The molecule has 1 amide bonds. The standard InChI is InChI=1S/C26H26N4O3S/c1-16-7-9-19(10-8-16)23-14-22(26(31)27-20-6-4-5-17(2)13-20)24-18(3)29-30(25(24)28-23)21-11-12-34(32,33)15-21/h4-10,13-14,21H,11-12,15H2,1-3H3,(H,27,31). The van der Waals surface area contributed by atoms with Crippen molar-refractivity contribution in [2.24, 2.45) is 0 Å². The molecule has 174 valence electrons. The number of sulfone groups is 1. The van der Waals surface area contributed by atoms with E-state index in [9.17, 15) is 13.2 Å². The van der Waals surface area contributed by atoms with Gasteiger partial charge in [-0.3, -0.25) is 4.79 Å². The zero-order valence-corrected chi connectivity index (χ0v) is 20.2. The lowest BCUT2D eigenvalue weighted by molar-refractivity contribution is 0.102. The van der Waals surface area contributed by atoms with Crippen molar-refractivity contribution in [3.63, 3.8) is 0 Å². The van der Waals surface area contributed by atoms with Crippen LogP contribution < -0.4 is 5.32 Å². The summed E-state index contributed by atoms with van der Waals surface area (Å²) in [6, 6.07) is 17.1. The summed E-state index contributed by atoms with van der Waals surface area (Å²) >= 11 is 0. The first-order valence-electron chi connectivity index (χ1n) is 11.3. The van der Waals surface area contributed by atoms with Crippen molar-refractivity contribution in [3.05, 3.63) is 77.0 Å². The molecule has 1 aliphatic rings. The number of carbonyl (C=O) groups is 1. The van der Waals surface area contributed by atoms with Crippen LogP contribution in [0.3, 0.4) is 0 Å². The van der Waals surface area contributed by atoms with Gasteiger partial charge in [-0.1, -0.05) is 42.0 Å². The monoisotopic (exact) mass is 474 g/mol. The summed E-state index contributed by atoms with van der Waals surface area (Å²) in [5.74, 6) is -0.0889. The van der Waals surface area contributed by atoms with Crippen LogP contribution in [-0.2, 0) is 9.84 Å². The molecule has 3 heterocycles. The molecular formula is C26H26N4O3S. The Morgan fingerprint density at radius 2 is 1.79 bits per heavy atom. The first-order chi connectivity index (χ1) is 16.2. The molecule has 7 nitrogen and oxygen atoms in total. The van der Waals surface area contributed by atoms with E-state index in [2.05, 4.69) is 10.4 Å². The predicted octanol–water partition coefficient (Wildman–Crippen LogP) is 4.64. The molecule has 1 fully saturated rings. The summed E-state index contributed by atoms with van der Waals surface area (Å²) < 4.78 is 26.0. The number of aryl methyl sites for hydroxylation is 3. The third kappa shape index (κ3) is 4.21. The highest BCUT2D eigenvalue weighted by atomic mass is 32.2. The van der Waals surface area contributed by atoms with Crippen molar-refractivity contribution in [2.75, 3.05) is 16.8 Å². The zero-order valence-electron chi connectivity index (χ0n) is 19.4. The Kier molecular flexibility index (Phi) is 5.48. The number of amides is 1. The number of rotatable bonds is 4. The quantitative estimate of drug-likeness (QED) is 0.465. The number of hydrogen-bond acceptors (Lipinski definition) is 5. The molecule has 0 saturated carbocycles. The van der Waals surface area contributed by atoms with Gasteiger partial charge in [-0.05, 0) is 51.0 Å². The minimum atomic E-state index is -3.11. The average molecular weight is 475 g/mol. The molecule has 1 atom stereocenters. The lowest BCUT2D eigenvalue weighted by Gasteiger charge is -2.13. The Bertz CT molecular complexity index is 1520. The predicted molar refractivity (Wildman–Crippen MR) is 134 cm³/mol. The van der Waals surface area contributed by atoms with Gasteiger partial charge in [0.05, 0.1) is 39.9 Å². The normalized spacial score (nSPS) is 17.2. The van der Waals surface area contributed by atoms with Gasteiger partial charge in [0.25, 0.3) is 5.91 Å². The molecule has 1 N–H and O–H groups in total. The van der Waals surface area contributed by atoms with Gasteiger partial charge in [0, 0.05) is 11.3 Å². The molecule has 5 rings (SSSR count). The smallest absolute Gasteiger partial charge is 0.256 e. The lowest BCUT2D eigenvalue weighted by Crippen LogP contribution is -2.15. The number of fused-ring (bicyclic) bond motifs is 1. The van der Waals surface area contributed by atoms with Crippen molar-refractivity contribution in [1.82, 2.24) is 14.8 Å². The second-order valence-corrected chi connectivity index (χ2v) is 11.3. The van der Waals surface area contributed by atoms with E-state index in [0.29, 0.717) is 40.1 Å². The molecule has 0 bridgehead atoms. The molecule has 2 aromatic heterocycles. The summed E-state index contributed by atoms with van der Waals surface area (Å²) in [4.78, 5) is 18.4. The van der Waals surface area contributed by atoms with Crippen LogP contribution in [0.1, 0.15) is 39.6 Å². The molecule has 0 spiro atoms. The number of anilines is 1. The third-order valence-corrected chi connectivity index (χ3v) is 8.01. The summed E-state index contributed by atoms with van der Waals surface area (Å²) in [6.45, 7) is 5.82. The van der Waals surface area contributed by atoms with E-state index in [4.69, 9.17) is 4.98 Å². The Morgan fingerprint density at radius 1 is 1.03 bits per heavy atom. The van der Waals surface area contributed by atoms with Crippen molar-refractivity contribution in [3.8, 4) is 11.3 Å². The minimum Gasteiger partial charge on any atom is -0.322 e. The van der Waals surface area contributed by atoms with Crippen molar-refractivity contribution in [2.45, 2.75) is 33.2 Å². The zero-order chi connectivity index (χ0) is 24.0. The molecule has 8 heteroatoms. The first kappa shape index (κ1) is 22.3. The van der Waals surface area contributed by atoms with Crippen LogP contribution in [0.15, 0.2) is 54.6 Å². The maximum atomic E-state index is 13.5. The SMILES string of the molecule is Cc1ccc(-c2cc(C(=O)Nc3cccc(C)c3)c3c(C)nn(C4CCS(=O)(=O)C4)c3n2)cc1. The largest absolute Gasteiger partial charge is 0.322 e. The first-order valence-corrected chi connectivity index (χ1v) is 13.1. The van der Waals surface area contributed by atoms with Gasteiger partial charge in [-0.2, -0.15) is 5.10 Å². The van der Waals surface area contributed by atoms with Gasteiger partial charge in [0.1, 0.15) is 0 Å². The average Bonchev–Trinajstić information content (AvgIpc) is 3.32. The second-order valence-electron chi connectivity index (χ2n) is 9.03. The molecule has 4 aromatic rings. The number of nitrogens with zero attached hydrogens (tertiary/aromatic N) is 3. The van der Waals surface area contributed by atoms with E-state index in [1.807, 2.05) is 69.3 Å². The molecular weight excluding hydrogens is 448 g/mol. The molecule has 34 heavy (non-hydrogen) atoms. The number of pyridine rings is 1. The Hall–Kier alpha value is -3.52. The number of aromatic nitrogens is 3. The van der Waals surface area contributed by atoms with E-state index in [0.717, 1.165) is 16.7 Å².